The summed E-state index contributed by atoms with van der Waals surface area (Å²) in [6, 6.07) is 5.75. The van der Waals surface area contributed by atoms with Crippen LogP contribution in [0.2, 0.25) is 10.0 Å². The molecule has 0 fully saturated rings. The maximum absolute atomic E-state index is 6.14. The highest BCUT2D eigenvalue weighted by Crippen LogP contribution is 2.26. The van der Waals surface area contributed by atoms with Crippen molar-refractivity contribution in [2.45, 2.75) is 64.7 Å². The standard InChI is InChI=1S/C16H24Cl2/c1-2-3-4-5-6-7-8-9-11-14-15(17)12-10-13-16(14)18/h10,12-13H,2-9,11H2,1H3. The second-order valence-corrected chi connectivity index (χ2v) is 5.74. The van der Waals surface area contributed by atoms with Crippen molar-refractivity contribution in [2.75, 3.05) is 0 Å². The summed E-state index contributed by atoms with van der Waals surface area (Å²) in [6.07, 6.45) is 11.7. The van der Waals surface area contributed by atoms with Crippen LogP contribution < -0.4 is 0 Å². The zero-order valence-electron chi connectivity index (χ0n) is 11.4. The van der Waals surface area contributed by atoms with Crippen molar-refractivity contribution in [2.24, 2.45) is 0 Å². The first-order valence-corrected chi connectivity index (χ1v) is 7.94. The molecule has 2 heteroatoms. The molecule has 0 aliphatic carbocycles. The van der Waals surface area contributed by atoms with Crippen LogP contribution in [0.1, 0.15) is 63.9 Å². The Kier molecular flexibility index (Phi) is 8.54. The van der Waals surface area contributed by atoms with Crippen LogP contribution in [0.3, 0.4) is 0 Å². The zero-order valence-corrected chi connectivity index (χ0v) is 12.9. The highest BCUT2D eigenvalue weighted by Gasteiger charge is 2.04. The molecule has 1 rings (SSSR count). The van der Waals surface area contributed by atoms with E-state index in [1.807, 2.05) is 18.2 Å². The average Bonchev–Trinajstić information content (AvgIpc) is 2.35. The number of hydrogen-bond acceptors (Lipinski definition) is 0. The van der Waals surface area contributed by atoms with E-state index in [1.54, 1.807) is 0 Å². The van der Waals surface area contributed by atoms with Crippen molar-refractivity contribution in [1.29, 1.82) is 0 Å². The van der Waals surface area contributed by atoms with Gasteiger partial charge in [-0.2, -0.15) is 0 Å². The number of hydrogen-bond donors (Lipinski definition) is 0. The Hall–Kier alpha value is -0.200. The molecule has 0 radical (unpaired) electrons. The van der Waals surface area contributed by atoms with Crippen molar-refractivity contribution in [3.05, 3.63) is 33.8 Å². The molecule has 0 unspecified atom stereocenters. The summed E-state index contributed by atoms with van der Waals surface area (Å²) >= 11 is 12.3. The van der Waals surface area contributed by atoms with E-state index in [0.717, 1.165) is 22.0 Å². The first kappa shape index (κ1) is 15.9. The summed E-state index contributed by atoms with van der Waals surface area (Å²) < 4.78 is 0. The minimum atomic E-state index is 0.811. The van der Waals surface area contributed by atoms with Gasteiger partial charge in [-0.15, -0.1) is 0 Å². The van der Waals surface area contributed by atoms with E-state index in [1.165, 1.54) is 51.4 Å². The normalized spacial score (nSPS) is 10.8. The van der Waals surface area contributed by atoms with E-state index >= 15 is 0 Å². The Morgan fingerprint density at radius 3 is 1.83 bits per heavy atom. The summed E-state index contributed by atoms with van der Waals surface area (Å²) in [5, 5.41) is 1.62. The van der Waals surface area contributed by atoms with Crippen molar-refractivity contribution >= 4 is 23.2 Å². The van der Waals surface area contributed by atoms with Gasteiger partial charge in [0.05, 0.1) is 0 Å². The van der Waals surface area contributed by atoms with Crippen LogP contribution in [0.5, 0.6) is 0 Å². The molecule has 0 saturated carbocycles. The largest absolute Gasteiger partial charge is 0.0840 e. The molecular formula is C16H24Cl2. The number of benzene rings is 1. The minimum absolute atomic E-state index is 0.811. The van der Waals surface area contributed by atoms with E-state index in [4.69, 9.17) is 23.2 Å². The van der Waals surface area contributed by atoms with E-state index in [2.05, 4.69) is 6.92 Å². The molecule has 0 atom stereocenters. The molecule has 1 aromatic rings. The molecule has 0 heterocycles. The maximum Gasteiger partial charge on any atom is 0.0452 e. The van der Waals surface area contributed by atoms with Crippen molar-refractivity contribution in [3.63, 3.8) is 0 Å². The fourth-order valence-electron chi connectivity index (χ4n) is 2.21. The molecule has 0 amide bonds. The molecule has 0 aliphatic heterocycles. The topological polar surface area (TPSA) is 0 Å². The van der Waals surface area contributed by atoms with Gasteiger partial charge in [-0.05, 0) is 30.5 Å². The second kappa shape index (κ2) is 9.69. The molecule has 0 spiro atoms. The lowest BCUT2D eigenvalue weighted by molar-refractivity contribution is 0.575. The van der Waals surface area contributed by atoms with Crippen LogP contribution in [-0.2, 0) is 6.42 Å². The van der Waals surface area contributed by atoms with Crippen LogP contribution in [-0.4, -0.2) is 0 Å². The minimum Gasteiger partial charge on any atom is -0.0840 e. The Morgan fingerprint density at radius 1 is 0.778 bits per heavy atom. The Morgan fingerprint density at radius 2 is 1.28 bits per heavy atom. The SMILES string of the molecule is CCCCCCCCCCc1c(Cl)cccc1Cl. The average molecular weight is 287 g/mol. The first-order valence-electron chi connectivity index (χ1n) is 7.18. The Labute approximate surface area is 122 Å². The number of halogens is 2. The number of rotatable bonds is 9. The highest BCUT2D eigenvalue weighted by molar-refractivity contribution is 6.35. The van der Waals surface area contributed by atoms with Crippen LogP contribution in [0.15, 0.2) is 18.2 Å². The van der Waals surface area contributed by atoms with Gasteiger partial charge in [0.2, 0.25) is 0 Å². The Bertz CT molecular complexity index is 314. The fraction of sp³-hybridized carbons (Fsp3) is 0.625. The van der Waals surface area contributed by atoms with E-state index in [0.29, 0.717) is 0 Å². The lowest BCUT2D eigenvalue weighted by atomic mass is 10.0. The van der Waals surface area contributed by atoms with Crippen LogP contribution >= 0.6 is 23.2 Å². The summed E-state index contributed by atoms with van der Waals surface area (Å²) in [5.74, 6) is 0. The quantitative estimate of drug-likeness (QED) is 0.444. The molecule has 0 saturated heterocycles. The molecular weight excluding hydrogens is 263 g/mol. The monoisotopic (exact) mass is 286 g/mol. The maximum atomic E-state index is 6.14. The van der Waals surface area contributed by atoms with Gasteiger partial charge in [-0.25, -0.2) is 0 Å². The van der Waals surface area contributed by atoms with Crippen molar-refractivity contribution in [1.82, 2.24) is 0 Å². The van der Waals surface area contributed by atoms with Gasteiger partial charge in [0.1, 0.15) is 0 Å². The van der Waals surface area contributed by atoms with Gasteiger partial charge < -0.3 is 0 Å². The summed E-state index contributed by atoms with van der Waals surface area (Å²) in [4.78, 5) is 0. The van der Waals surface area contributed by atoms with Crippen molar-refractivity contribution in [3.8, 4) is 0 Å². The van der Waals surface area contributed by atoms with Crippen LogP contribution in [0.25, 0.3) is 0 Å². The molecule has 0 nitrogen and oxygen atoms in total. The smallest absolute Gasteiger partial charge is 0.0452 e. The Balaban J connectivity index is 2.11. The third-order valence-electron chi connectivity index (χ3n) is 3.34. The number of unbranched alkanes of at least 4 members (excludes halogenated alkanes) is 7. The van der Waals surface area contributed by atoms with Crippen LogP contribution in [0.4, 0.5) is 0 Å². The van der Waals surface area contributed by atoms with Gasteiger partial charge in [-0.3, -0.25) is 0 Å². The molecule has 0 N–H and O–H groups in total. The van der Waals surface area contributed by atoms with E-state index in [-0.39, 0.29) is 0 Å². The van der Waals surface area contributed by atoms with Gasteiger partial charge in [0.25, 0.3) is 0 Å². The van der Waals surface area contributed by atoms with E-state index < -0.39 is 0 Å². The predicted octanol–water partition coefficient (Wildman–Crippen LogP) is 6.68. The fourth-order valence-corrected chi connectivity index (χ4v) is 2.79. The lowest BCUT2D eigenvalue weighted by Crippen LogP contribution is -1.89. The molecule has 102 valence electrons. The third-order valence-corrected chi connectivity index (χ3v) is 4.05. The third kappa shape index (κ3) is 6.11. The zero-order chi connectivity index (χ0) is 13.2. The predicted molar refractivity (Wildman–Crippen MR) is 82.8 cm³/mol. The summed E-state index contributed by atoms with van der Waals surface area (Å²) in [6.45, 7) is 2.26. The molecule has 0 bridgehead atoms. The van der Waals surface area contributed by atoms with Gasteiger partial charge in [0, 0.05) is 10.0 Å². The van der Waals surface area contributed by atoms with Crippen LogP contribution in [0, 0.1) is 0 Å². The molecule has 0 aromatic heterocycles. The second-order valence-electron chi connectivity index (χ2n) is 4.93. The van der Waals surface area contributed by atoms with Gasteiger partial charge >= 0.3 is 0 Å². The van der Waals surface area contributed by atoms with Gasteiger partial charge in [0.15, 0.2) is 0 Å². The van der Waals surface area contributed by atoms with Crippen molar-refractivity contribution < 1.29 is 0 Å². The molecule has 1 aromatic carbocycles. The molecule has 18 heavy (non-hydrogen) atoms. The van der Waals surface area contributed by atoms with E-state index in [9.17, 15) is 0 Å². The summed E-state index contributed by atoms with van der Waals surface area (Å²) in [5.41, 5.74) is 1.12. The first-order chi connectivity index (χ1) is 8.75. The summed E-state index contributed by atoms with van der Waals surface area (Å²) in [7, 11) is 0. The molecule has 0 aliphatic rings. The van der Waals surface area contributed by atoms with Gasteiger partial charge in [-0.1, -0.05) is 81.1 Å². The lowest BCUT2D eigenvalue weighted by Gasteiger charge is -2.06. The highest BCUT2D eigenvalue weighted by atomic mass is 35.5.